The fraction of sp³-hybridized carbons (Fsp3) is 0.0769. The van der Waals surface area contributed by atoms with Crippen LogP contribution >= 0.6 is 34.8 Å². The van der Waals surface area contributed by atoms with Crippen LogP contribution in [0, 0.1) is 0 Å². The monoisotopic (exact) mass is 314 g/mol. The van der Waals surface area contributed by atoms with Crippen molar-refractivity contribution >= 4 is 40.7 Å². The van der Waals surface area contributed by atoms with Crippen molar-refractivity contribution in [3.63, 3.8) is 0 Å². The zero-order valence-electron chi connectivity index (χ0n) is 9.66. The van der Waals surface area contributed by atoms with E-state index in [1.54, 1.807) is 6.07 Å². The number of hydrogen-bond acceptors (Lipinski definition) is 2. The Bertz CT molecular complexity index is 617. The van der Waals surface area contributed by atoms with Crippen LogP contribution in [0.2, 0.25) is 15.2 Å². The van der Waals surface area contributed by atoms with E-state index < -0.39 is 5.91 Å². The van der Waals surface area contributed by atoms with E-state index in [1.807, 2.05) is 18.2 Å². The molecule has 1 aromatic heterocycles. The zero-order valence-corrected chi connectivity index (χ0v) is 11.9. The standard InChI is InChI=1S/C13H9Cl3N2O/c14-9-4-2-1-3-8(9)7-17-13(19)12-10(15)5-6-11(16)18-12/h1-6H,7H2,(H,17,19). The summed E-state index contributed by atoms with van der Waals surface area (Å²) >= 11 is 17.6. The second-order valence-electron chi connectivity index (χ2n) is 3.74. The van der Waals surface area contributed by atoms with E-state index in [-0.39, 0.29) is 15.9 Å². The van der Waals surface area contributed by atoms with E-state index in [9.17, 15) is 4.79 Å². The van der Waals surface area contributed by atoms with Gasteiger partial charge in [0.1, 0.15) is 10.8 Å². The Morgan fingerprint density at radius 1 is 1.05 bits per heavy atom. The quantitative estimate of drug-likeness (QED) is 0.871. The number of pyridine rings is 1. The maximum atomic E-state index is 11.9. The number of nitrogens with one attached hydrogen (secondary N) is 1. The Labute approximate surface area is 125 Å². The predicted molar refractivity (Wildman–Crippen MR) is 76.9 cm³/mol. The molecule has 0 unspecified atom stereocenters. The van der Waals surface area contributed by atoms with Crippen molar-refractivity contribution in [3.8, 4) is 0 Å². The van der Waals surface area contributed by atoms with Crippen LogP contribution in [0.5, 0.6) is 0 Å². The summed E-state index contributed by atoms with van der Waals surface area (Å²) in [5.41, 5.74) is 0.914. The largest absolute Gasteiger partial charge is 0.347 e. The highest BCUT2D eigenvalue weighted by molar-refractivity contribution is 6.34. The highest BCUT2D eigenvalue weighted by Gasteiger charge is 2.13. The minimum Gasteiger partial charge on any atom is -0.347 e. The molecule has 0 radical (unpaired) electrons. The van der Waals surface area contributed by atoms with Gasteiger partial charge in [-0.05, 0) is 23.8 Å². The Morgan fingerprint density at radius 3 is 2.53 bits per heavy atom. The van der Waals surface area contributed by atoms with Crippen LogP contribution in [0.4, 0.5) is 0 Å². The molecule has 0 fully saturated rings. The van der Waals surface area contributed by atoms with Gasteiger partial charge in [-0.25, -0.2) is 4.98 Å². The minimum atomic E-state index is -0.396. The molecule has 1 aromatic carbocycles. The summed E-state index contributed by atoms with van der Waals surface area (Å²) in [7, 11) is 0. The van der Waals surface area contributed by atoms with E-state index in [2.05, 4.69) is 10.3 Å². The number of nitrogens with zero attached hydrogens (tertiary/aromatic N) is 1. The molecule has 2 aromatic rings. The van der Waals surface area contributed by atoms with Gasteiger partial charge in [0.15, 0.2) is 0 Å². The molecule has 0 aliphatic rings. The second kappa shape index (κ2) is 6.24. The molecule has 0 saturated carbocycles. The molecule has 98 valence electrons. The summed E-state index contributed by atoms with van der Waals surface area (Å²) in [6.45, 7) is 0.295. The molecule has 0 spiro atoms. The molecule has 0 aliphatic heterocycles. The molecule has 1 N–H and O–H groups in total. The number of carbonyl (C=O) groups is 1. The van der Waals surface area contributed by atoms with Gasteiger partial charge in [-0.1, -0.05) is 53.0 Å². The Kier molecular flexibility index (Phi) is 4.64. The highest BCUT2D eigenvalue weighted by atomic mass is 35.5. The molecule has 1 amide bonds. The lowest BCUT2D eigenvalue weighted by atomic mass is 10.2. The average molecular weight is 316 g/mol. The van der Waals surface area contributed by atoms with Crippen LogP contribution in [0.1, 0.15) is 16.1 Å². The Morgan fingerprint density at radius 2 is 1.79 bits per heavy atom. The number of aromatic nitrogens is 1. The number of benzene rings is 1. The van der Waals surface area contributed by atoms with Gasteiger partial charge in [-0.15, -0.1) is 0 Å². The van der Waals surface area contributed by atoms with Crippen LogP contribution in [0.15, 0.2) is 36.4 Å². The normalized spacial score (nSPS) is 10.3. The lowest BCUT2D eigenvalue weighted by molar-refractivity contribution is 0.0946. The third-order valence-electron chi connectivity index (χ3n) is 2.42. The van der Waals surface area contributed by atoms with Gasteiger partial charge in [-0.3, -0.25) is 4.79 Å². The van der Waals surface area contributed by atoms with E-state index in [0.717, 1.165) is 5.56 Å². The Balaban J connectivity index is 2.10. The second-order valence-corrected chi connectivity index (χ2v) is 4.94. The van der Waals surface area contributed by atoms with Crippen molar-refractivity contribution in [2.75, 3.05) is 0 Å². The first kappa shape index (κ1) is 14.1. The number of carbonyl (C=O) groups excluding carboxylic acids is 1. The first-order valence-electron chi connectivity index (χ1n) is 5.41. The fourth-order valence-corrected chi connectivity index (χ4v) is 2.02. The van der Waals surface area contributed by atoms with Crippen LogP contribution in [0.3, 0.4) is 0 Å². The van der Waals surface area contributed by atoms with Crippen molar-refractivity contribution in [2.24, 2.45) is 0 Å². The topological polar surface area (TPSA) is 42.0 Å². The SMILES string of the molecule is O=C(NCc1ccccc1Cl)c1nc(Cl)ccc1Cl. The number of hydrogen-bond donors (Lipinski definition) is 1. The van der Waals surface area contributed by atoms with Crippen molar-refractivity contribution < 1.29 is 4.79 Å². The van der Waals surface area contributed by atoms with Gasteiger partial charge in [-0.2, -0.15) is 0 Å². The maximum Gasteiger partial charge on any atom is 0.271 e. The van der Waals surface area contributed by atoms with Gasteiger partial charge in [0, 0.05) is 11.6 Å². The van der Waals surface area contributed by atoms with Gasteiger partial charge >= 0.3 is 0 Å². The lowest BCUT2D eigenvalue weighted by Crippen LogP contribution is -2.24. The van der Waals surface area contributed by atoms with Crippen LogP contribution in [-0.4, -0.2) is 10.9 Å². The predicted octanol–water partition coefficient (Wildman–Crippen LogP) is 3.97. The van der Waals surface area contributed by atoms with E-state index in [1.165, 1.54) is 12.1 Å². The van der Waals surface area contributed by atoms with Crippen molar-refractivity contribution in [3.05, 3.63) is 62.9 Å². The fourth-order valence-electron chi connectivity index (χ4n) is 1.48. The summed E-state index contributed by atoms with van der Waals surface area (Å²) in [6.07, 6.45) is 0. The van der Waals surface area contributed by atoms with Crippen LogP contribution in [-0.2, 0) is 6.54 Å². The first-order valence-corrected chi connectivity index (χ1v) is 6.55. The molecule has 3 nitrogen and oxygen atoms in total. The number of halogens is 3. The van der Waals surface area contributed by atoms with E-state index in [0.29, 0.717) is 11.6 Å². The van der Waals surface area contributed by atoms with Crippen molar-refractivity contribution in [2.45, 2.75) is 6.54 Å². The number of rotatable bonds is 3. The van der Waals surface area contributed by atoms with Gasteiger partial charge in [0.25, 0.3) is 5.91 Å². The lowest BCUT2D eigenvalue weighted by Gasteiger charge is -2.07. The highest BCUT2D eigenvalue weighted by Crippen LogP contribution is 2.18. The van der Waals surface area contributed by atoms with Gasteiger partial charge in [0.2, 0.25) is 0 Å². The molecular formula is C13H9Cl3N2O. The molecular weight excluding hydrogens is 307 g/mol. The smallest absolute Gasteiger partial charge is 0.271 e. The number of amides is 1. The van der Waals surface area contributed by atoms with Crippen molar-refractivity contribution in [1.82, 2.24) is 10.3 Å². The maximum absolute atomic E-state index is 11.9. The minimum absolute atomic E-state index is 0.0984. The summed E-state index contributed by atoms with van der Waals surface area (Å²) in [4.78, 5) is 15.8. The average Bonchev–Trinajstić information content (AvgIpc) is 2.40. The van der Waals surface area contributed by atoms with E-state index >= 15 is 0 Å². The summed E-state index contributed by atoms with van der Waals surface area (Å²) in [5, 5.41) is 3.75. The first-order chi connectivity index (χ1) is 9.08. The molecule has 0 bridgehead atoms. The zero-order chi connectivity index (χ0) is 13.8. The summed E-state index contributed by atoms with van der Waals surface area (Å²) in [5.74, 6) is -0.396. The van der Waals surface area contributed by atoms with Gasteiger partial charge in [0.05, 0.1) is 5.02 Å². The molecule has 0 atom stereocenters. The third kappa shape index (κ3) is 3.60. The molecule has 19 heavy (non-hydrogen) atoms. The third-order valence-corrected chi connectivity index (χ3v) is 3.31. The van der Waals surface area contributed by atoms with Gasteiger partial charge < -0.3 is 5.32 Å². The molecule has 1 heterocycles. The van der Waals surface area contributed by atoms with E-state index in [4.69, 9.17) is 34.8 Å². The summed E-state index contributed by atoms with van der Waals surface area (Å²) in [6, 6.07) is 10.3. The van der Waals surface area contributed by atoms with Crippen molar-refractivity contribution in [1.29, 1.82) is 0 Å². The van der Waals surface area contributed by atoms with Crippen LogP contribution < -0.4 is 5.32 Å². The molecule has 0 saturated heterocycles. The molecule has 0 aliphatic carbocycles. The summed E-state index contributed by atoms with van der Waals surface area (Å²) < 4.78 is 0. The van der Waals surface area contributed by atoms with Crippen LogP contribution in [0.25, 0.3) is 0 Å². The molecule has 6 heteroatoms. The Hall–Kier alpha value is -1.29. The molecule has 2 rings (SSSR count).